The number of aliphatic carboxylic acids is 1. The van der Waals surface area contributed by atoms with Crippen LogP contribution in [0.25, 0.3) is 0 Å². The number of nitrogens with two attached hydrogens (primary N) is 1. The molecule has 0 heterocycles. The lowest BCUT2D eigenvalue weighted by Crippen LogP contribution is -2.04. The second-order valence-electron chi connectivity index (χ2n) is 1.70. The summed E-state index contributed by atoms with van der Waals surface area (Å²) in [6.07, 6.45) is 0.0579. The molecule has 4 N–H and O–H groups in total. The first kappa shape index (κ1) is 12.2. The van der Waals surface area contributed by atoms with Crippen LogP contribution in [-0.2, 0) is 4.79 Å². The predicted octanol–water partition coefficient (Wildman–Crippen LogP) is 0.516. The van der Waals surface area contributed by atoms with Crippen LogP contribution in [0.4, 0.5) is 4.79 Å². The summed E-state index contributed by atoms with van der Waals surface area (Å²) < 4.78 is 0. The summed E-state index contributed by atoms with van der Waals surface area (Å²) in [6, 6.07) is 0. The third kappa shape index (κ3) is 17.7. The fraction of sp³-hybridized carbons (Fsp3) is 0.333. The average molecular weight is 161 g/mol. The molecule has 0 rings (SSSR count). The lowest BCUT2D eigenvalue weighted by molar-refractivity contribution is -0.139. The highest BCUT2D eigenvalue weighted by atomic mass is 16.4. The van der Waals surface area contributed by atoms with E-state index in [2.05, 4.69) is 12.3 Å². The summed E-state index contributed by atoms with van der Waals surface area (Å²) in [5.41, 5.74) is 4.03. The minimum Gasteiger partial charge on any atom is -0.481 e. The molecule has 0 bridgehead atoms. The smallest absolute Gasteiger partial charge is 0.402 e. The summed E-state index contributed by atoms with van der Waals surface area (Å²) in [7, 11) is 0. The molecule has 0 aromatic heterocycles. The maximum Gasteiger partial charge on any atom is 0.402 e. The Balaban J connectivity index is 0. The molecule has 0 aromatic rings. The second kappa shape index (κ2) is 6.60. The Kier molecular flexibility index (Phi) is 7.31. The van der Waals surface area contributed by atoms with Gasteiger partial charge in [0.2, 0.25) is 0 Å². The van der Waals surface area contributed by atoms with E-state index in [1.54, 1.807) is 6.92 Å². The van der Waals surface area contributed by atoms with Crippen LogP contribution in [0.15, 0.2) is 12.7 Å². The Hall–Kier alpha value is -1.52. The van der Waals surface area contributed by atoms with Crippen molar-refractivity contribution in [3.8, 4) is 0 Å². The molecule has 1 amide bonds. The monoisotopic (exact) mass is 161 g/mol. The van der Waals surface area contributed by atoms with Gasteiger partial charge in [0.15, 0.2) is 0 Å². The SMILES string of the molecule is C=C[C@@H](C)C(=O)O.NC(=O)O. The average Bonchev–Trinajstić information content (AvgIpc) is 1.85. The van der Waals surface area contributed by atoms with Gasteiger partial charge in [-0.2, -0.15) is 0 Å². The van der Waals surface area contributed by atoms with Gasteiger partial charge in [-0.05, 0) is 6.92 Å². The molecular formula is C6H11NO4. The van der Waals surface area contributed by atoms with E-state index in [0.717, 1.165) is 0 Å². The molecule has 0 spiro atoms. The maximum absolute atomic E-state index is 9.86. The Morgan fingerprint density at radius 1 is 1.55 bits per heavy atom. The van der Waals surface area contributed by atoms with E-state index in [-0.39, 0.29) is 0 Å². The van der Waals surface area contributed by atoms with Gasteiger partial charge in [0, 0.05) is 0 Å². The van der Waals surface area contributed by atoms with Gasteiger partial charge in [0.1, 0.15) is 0 Å². The Morgan fingerprint density at radius 3 is 1.82 bits per heavy atom. The van der Waals surface area contributed by atoms with Gasteiger partial charge < -0.3 is 15.9 Å². The zero-order chi connectivity index (χ0) is 9.44. The maximum atomic E-state index is 9.86. The summed E-state index contributed by atoms with van der Waals surface area (Å²) in [5.74, 6) is -1.24. The van der Waals surface area contributed by atoms with Gasteiger partial charge >= 0.3 is 12.1 Å². The quantitative estimate of drug-likeness (QED) is 0.514. The van der Waals surface area contributed by atoms with Crippen molar-refractivity contribution in [3.63, 3.8) is 0 Å². The van der Waals surface area contributed by atoms with Gasteiger partial charge in [-0.3, -0.25) is 4.79 Å². The molecule has 0 unspecified atom stereocenters. The van der Waals surface area contributed by atoms with Crippen LogP contribution in [-0.4, -0.2) is 22.3 Å². The van der Waals surface area contributed by atoms with E-state index < -0.39 is 18.0 Å². The number of amides is 1. The van der Waals surface area contributed by atoms with Crippen molar-refractivity contribution in [2.24, 2.45) is 11.7 Å². The van der Waals surface area contributed by atoms with Crippen molar-refractivity contribution < 1.29 is 19.8 Å². The first-order valence-corrected chi connectivity index (χ1v) is 2.75. The molecule has 0 aliphatic rings. The molecule has 0 radical (unpaired) electrons. The normalized spacial score (nSPS) is 10.3. The van der Waals surface area contributed by atoms with Crippen molar-refractivity contribution in [1.82, 2.24) is 0 Å². The molecule has 11 heavy (non-hydrogen) atoms. The fourth-order valence-electron chi connectivity index (χ4n) is 0.101. The van der Waals surface area contributed by atoms with Gasteiger partial charge in [-0.25, -0.2) is 4.79 Å². The Labute approximate surface area is 64.1 Å². The first-order chi connectivity index (χ1) is 4.91. The first-order valence-electron chi connectivity index (χ1n) is 2.75. The Morgan fingerprint density at radius 2 is 1.82 bits per heavy atom. The van der Waals surface area contributed by atoms with Gasteiger partial charge in [-0.15, -0.1) is 6.58 Å². The standard InChI is InChI=1S/C5H8O2.CH3NO2/c1-3-4(2)5(6)7;2-1(3)4/h3-4H,1H2,2H3,(H,6,7);2H2,(H,3,4)/t4-;/m1./s1. The van der Waals surface area contributed by atoms with Crippen LogP contribution in [0.5, 0.6) is 0 Å². The highest BCUT2D eigenvalue weighted by Crippen LogP contribution is 1.92. The van der Waals surface area contributed by atoms with E-state index in [9.17, 15) is 4.79 Å². The minimum atomic E-state index is -1.33. The van der Waals surface area contributed by atoms with Crippen molar-refractivity contribution >= 4 is 12.1 Å². The topological polar surface area (TPSA) is 101 Å². The van der Waals surface area contributed by atoms with Crippen LogP contribution >= 0.6 is 0 Å². The van der Waals surface area contributed by atoms with E-state index in [1.165, 1.54) is 6.08 Å². The number of primary amides is 1. The predicted molar refractivity (Wildman–Crippen MR) is 39.2 cm³/mol. The van der Waals surface area contributed by atoms with Crippen LogP contribution in [0.2, 0.25) is 0 Å². The number of carboxylic acids is 1. The third-order valence-electron chi connectivity index (χ3n) is 0.743. The van der Waals surface area contributed by atoms with Crippen molar-refractivity contribution in [2.75, 3.05) is 0 Å². The molecule has 0 aromatic carbocycles. The van der Waals surface area contributed by atoms with Crippen LogP contribution in [0.1, 0.15) is 6.92 Å². The Bertz CT molecular complexity index is 151. The highest BCUT2D eigenvalue weighted by Gasteiger charge is 2.02. The zero-order valence-corrected chi connectivity index (χ0v) is 6.15. The van der Waals surface area contributed by atoms with Crippen LogP contribution in [0, 0.1) is 5.92 Å². The summed E-state index contributed by atoms with van der Waals surface area (Å²) in [4.78, 5) is 18.6. The van der Waals surface area contributed by atoms with Crippen molar-refractivity contribution in [1.29, 1.82) is 0 Å². The molecule has 0 saturated carbocycles. The number of hydrogen-bond donors (Lipinski definition) is 3. The van der Waals surface area contributed by atoms with Gasteiger partial charge in [0.25, 0.3) is 0 Å². The second-order valence-corrected chi connectivity index (χ2v) is 1.70. The van der Waals surface area contributed by atoms with E-state index in [4.69, 9.17) is 15.0 Å². The summed E-state index contributed by atoms with van der Waals surface area (Å²) in [5, 5.41) is 15.3. The van der Waals surface area contributed by atoms with E-state index in [1.807, 2.05) is 0 Å². The van der Waals surface area contributed by atoms with Crippen molar-refractivity contribution in [2.45, 2.75) is 6.92 Å². The largest absolute Gasteiger partial charge is 0.481 e. The summed E-state index contributed by atoms with van der Waals surface area (Å²) in [6.45, 7) is 4.88. The fourth-order valence-corrected chi connectivity index (χ4v) is 0.101. The molecule has 0 aliphatic heterocycles. The van der Waals surface area contributed by atoms with Crippen molar-refractivity contribution in [3.05, 3.63) is 12.7 Å². The zero-order valence-electron chi connectivity index (χ0n) is 6.15. The number of rotatable bonds is 2. The molecule has 0 fully saturated rings. The van der Waals surface area contributed by atoms with Gasteiger partial charge in [-0.1, -0.05) is 6.08 Å². The number of carboxylic acid groups (broad SMARTS) is 2. The van der Waals surface area contributed by atoms with E-state index in [0.29, 0.717) is 0 Å². The third-order valence-corrected chi connectivity index (χ3v) is 0.743. The lowest BCUT2D eigenvalue weighted by atomic mass is 10.2. The molecule has 0 saturated heterocycles. The number of carbonyl (C=O) groups is 2. The molecule has 1 atom stereocenters. The minimum absolute atomic E-state index is 0.417. The van der Waals surface area contributed by atoms with E-state index >= 15 is 0 Å². The molecular weight excluding hydrogens is 150 g/mol. The number of hydrogen-bond acceptors (Lipinski definition) is 2. The lowest BCUT2D eigenvalue weighted by Gasteiger charge is -1.92. The van der Waals surface area contributed by atoms with Crippen LogP contribution in [0.3, 0.4) is 0 Å². The highest BCUT2D eigenvalue weighted by molar-refractivity contribution is 5.71. The molecule has 5 heteroatoms. The molecule has 0 aliphatic carbocycles. The summed E-state index contributed by atoms with van der Waals surface area (Å²) >= 11 is 0. The molecule has 64 valence electrons. The molecule has 5 nitrogen and oxygen atoms in total. The van der Waals surface area contributed by atoms with Crippen LogP contribution < -0.4 is 5.73 Å². The van der Waals surface area contributed by atoms with Gasteiger partial charge in [0.05, 0.1) is 5.92 Å².